The first-order chi connectivity index (χ1) is 11.7. The standard InChI is InChI=1S/C19H29NO5/c1-19(2,3)20(15-6-5-7-16(21)17(15)22)18(23)25-12-13-8-10-14(24-4)11-9-13/h8-11,15-17,21-22H,5-7,12H2,1-4H3. The van der Waals surface area contributed by atoms with Crippen molar-refractivity contribution in [1.82, 2.24) is 4.90 Å². The van der Waals surface area contributed by atoms with Crippen molar-refractivity contribution < 1.29 is 24.5 Å². The Kier molecular flexibility index (Phi) is 6.30. The summed E-state index contributed by atoms with van der Waals surface area (Å²) in [5, 5.41) is 20.3. The smallest absolute Gasteiger partial charge is 0.410 e. The fourth-order valence-corrected chi connectivity index (χ4v) is 3.26. The van der Waals surface area contributed by atoms with Crippen molar-refractivity contribution in [3.63, 3.8) is 0 Å². The molecule has 0 saturated heterocycles. The van der Waals surface area contributed by atoms with Crippen LogP contribution < -0.4 is 4.74 Å². The van der Waals surface area contributed by atoms with E-state index in [1.54, 1.807) is 12.0 Å². The maximum absolute atomic E-state index is 12.7. The van der Waals surface area contributed by atoms with E-state index in [0.29, 0.717) is 12.8 Å². The van der Waals surface area contributed by atoms with Crippen molar-refractivity contribution in [2.45, 2.75) is 70.4 Å². The molecule has 3 unspecified atom stereocenters. The molecule has 25 heavy (non-hydrogen) atoms. The molecule has 0 radical (unpaired) electrons. The third kappa shape index (κ3) is 4.86. The van der Waals surface area contributed by atoms with Gasteiger partial charge in [-0.15, -0.1) is 0 Å². The van der Waals surface area contributed by atoms with Crippen molar-refractivity contribution in [2.24, 2.45) is 0 Å². The summed E-state index contributed by atoms with van der Waals surface area (Å²) < 4.78 is 10.6. The molecule has 0 spiro atoms. The number of hydrogen-bond donors (Lipinski definition) is 2. The van der Waals surface area contributed by atoms with Gasteiger partial charge in [-0.25, -0.2) is 4.79 Å². The lowest BCUT2D eigenvalue weighted by Crippen LogP contribution is -2.59. The highest BCUT2D eigenvalue weighted by atomic mass is 16.6. The number of rotatable bonds is 4. The lowest BCUT2D eigenvalue weighted by atomic mass is 9.87. The van der Waals surface area contributed by atoms with E-state index in [1.165, 1.54) is 0 Å². The molecule has 3 atom stereocenters. The Morgan fingerprint density at radius 1 is 1.20 bits per heavy atom. The first-order valence-electron chi connectivity index (χ1n) is 8.69. The summed E-state index contributed by atoms with van der Waals surface area (Å²) in [4.78, 5) is 14.3. The van der Waals surface area contributed by atoms with Crippen LogP contribution >= 0.6 is 0 Å². The molecule has 0 bridgehead atoms. The quantitative estimate of drug-likeness (QED) is 0.872. The number of benzene rings is 1. The second kappa shape index (κ2) is 8.06. The maximum atomic E-state index is 12.7. The van der Waals surface area contributed by atoms with E-state index in [-0.39, 0.29) is 6.61 Å². The molecule has 2 rings (SSSR count). The molecule has 1 aromatic carbocycles. The molecule has 0 heterocycles. The van der Waals surface area contributed by atoms with Crippen LogP contribution in [0.25, 0.3) is 0 Å². The van der Waals surface area contributed by atoms with Crippen molar-refractivity contribution in [3.05, 3.63) is 29.8 Å². The van der Waals surface area contributed by atoms with Gasteiger partial charge in [0.05, 0.1) is 19.3 Å². The number of ether oxygens (including phenoxy) is 2. The molecule has 140 valence electrons. The van der Waals surface area contributed by atoms with E-state index in [4.69, 9.17) is 9.47 Å². The molecule has 1 aliphatic rings. The Labute approximate surface area is 149 Å². The normalized spacial score (nSPS) is 23.8. The molecule has 6 nitrogen and oxygen atoms in total. The van der Waals surface area contributed by atoms with E-state index in [9.17, 15) is 15.0 Å². The number of aliphatic hydroxyl groups excluding tert-OH is 2. The van der Waals surface area contributed by atoms with Gasteiger partial charge >= 0.3 is 6.09 Å². The van der Waals surface area contributed by atoms with Crippen molar-refractivity contribution >= 4 is 6.09 Å². The first kappa shape index (κ1) is 19.5. The van der Waals surface area contributed by atoms with Gasteiger partial charge in [0, 0.05) is 5.54 Å². The third-order valence-corrected chi connectivity index (χ3v) is 4.56. The van der Waals surface area contributed by atoms with Crippen molar-refractivity contribution in [1.29, 1.82) is 0 Å². The largest absolute Gasteiger partial charge is 0.497 e. The summed E-state index contributed by atoms with van der Waals surface area (Å²) in [7, 11) is 1.60. The van der Waals surface area contributed by atoms with Gasteiger partial charge in [0.2, 0.25) is 0 Å². The minimum absolute atomic E-state index is 0.140. The molecule has 2 N–H and O–H groups in total. The fourth-order valence-electron chi connectivity index (χ4n) is 3.26. The van der Waals surface area contributed by atoms with Crippen molar-refractivity contribution in [3.8, 4) is 5.75 Å². The van der Waals surface area contributed by atoms with Gasteiger partial charge < -0.3 is 19.7 Å². The zero-order valence-corrected chi connectivity index (χ0v) is 15.4. The highest BCUT2D eigenvalue weighted by Crippen LogP contribution is 2.30. The topological polar surface area (TPSA) is 79.2 Å². The average Bonchev–Trinajstić information content (AvgIpc) is 2.56. The van der Waals surface area contributed by atoms with Crippen LogP contribution in [0.4, 0.5) is 4.79 Å². The molecule has 6 heteroatoms. The predicted octanol–water partition coefficient (Wildman–Crippen LogP) is 2.71. The van der Waals surface area contributed by atoms with E-state index >= 15 is 0 Å². The summed E-state index contributed by atoms with van der Waals surface area (Å²) in [5.74, 6) is 0.741. The number of methoxy groups -OCH3 is 1. The van der Waals surface area contributed by atoms with Gasteiger partial charge in [0.15, 0.2) is 0 Å². The monoisotopic (exact) mass is 351 g/mol. The number of carbonyl (C=O) groups excluding carboxylic acids is 1. The lowest BCUT2D eigenvalue weighted by molar-refractivity contribution is -0.0797. The number of nitrogens with zero attached hydrogens (tertiary/aromatic N) is 1. The first-order valence-corrected chi connectivity index (χ1v) is 8.69. The second-order valence-electron chi connectivity index (χ2n) is 7.50. The van der Waals surface area contributed by atoms with Gasteiger partial charge in [0.25, 0.3) is 0 Å². The minimum atomic E-state index is -0.957. The van der Waals surface area contributed by atoms with Crippen LogP contribution in [0.15, 0.2) is 24.3 Å². The number of aliphatic hydroxyl groups is 2. The number of hydrogen-bond acceptors (Lipinski definition) is 5. The Balaban J connectivity index is 2.07. The summed E-state index contributed by atoms with van der Waals surface area (Å²) in [6.07, 6.45) is -0.286. The zero-order valence-electron chi connectivity index (χ0n) is 15.4. The van der Waals surface area contributed by atoms with E-state index in [2.05, 4.69) is 0 Å². The van der Waals surface area contributed by atoms with Crippen molar-refractivity contribution in [2.75, 3.05) is 7.11 Å². The van der Waals surface area contributed by atoms with E-state index in [0.717, 1.165) is 17.7 Å². The van der Waals surface area contributed by atoms with Crippen LogP contribution in [0.3, 0.4) is 0 Å². The Bertz CT molecular complexity index is 566. The minimum Gasteiger partial charge on any atom is -0.497 e. The molecule has 1 aliphatic carbocycles. The molecular formula is C19H29NO5. The molecule has 1 aromatic rings. The predicted molar refractivity (Wildman–Crippen MR) is 94.4 cm³/mol. The van der Waals surface area contributed by atoms with E-state index in [1.807, 2.05) is 45.0 Å². The fraction of sp³-hybridized carbons (Fsp3) is 0.632. The van der Waals surface area contributed by atoms with Gasteiger partial charge in [-0.3, -0.25) is 4.90 Å². The molecular weight excluding hydrogens is 322 g/mol. The SMILES string of the molecule is COc1ccc(COC(=O)N(C2CCCC(O)C2O)C(C)(C)C)cc1. The maximum Gasteiger partial charge on any atom is 0.410 e. The highest BCUT2D eigenvalue weighted by molar-refractivity contribution is 5.69. The van der Waals surface area contributed by atoms with Crippen LogP contribution in [-0.2, 0) is 11.3 Å². The molecule has 1 amide bonds. The summed E-state index contributed by atoms with van der Waals surface area (Å²) in [6, 6.07) is 6.85. The van der Waals surface area contributed by atoms with Crippen LogP contribution in [0.5, 0.6) is 5.75 Å². The Morgan fingerprint density at radius 2 is 1.84 bits per heavy atom. The van der Waals surface area contributed by atoms with Crippen LogP contribution in [0, 0.1) is 0 Å². The molecule has 1 fully saturated rings. The molecule has 0 aromatic heterocycles. The summed E-state index contributed by atoms with van der Waals surface area (Å²) in [6.45, 7) is 5.83. The Morgan fingerprint density at radius 3 is 2.40 bits per heavy atom. The molecule has 1 saturated carbocycles. The average molecular weight is 351 g/mol. The van der Waals surface area contributed by atoms with Crippen LogP contribution in [-0.4, -0.2) is 52.1 Å². The second-order valence-corrected chi connectivity index (χ2v) is 7.50. The number of carbonyl (C=O) groups is 1. The number of amides is 1. The van der Waals surface area contributed by atoms with Gasteiger partial charge in [-0.05, 0) is 57.7 Å². The van der Waals surface area contributed by atoms with Gasteiger partial charge in [-0.2, -0.15) is 0 Å². The Hall–Kier alpha value is -1.79. The van der Waals surface area contributed by atoms with Crippen LogP contribution in [0.1, 0.15) is 45.6 Å². The van der Waals surface area contributed by atoms with Gasteiger partial charge in [-0.1, -0.05) is 12.1 Å². The summed E-state index contributed by atoms with van der Waals surface area (Å²) in [5.41, 5.74) is 0.326. The third-order valence-electron chi connectivity index (χ3n) is 4.56. The van der Waals surface area contributed by atoms with Gasteiger partial charge in [0.1, 0.15) is 18.5 Å². The van der Waals surface area contributed by atoms with Crippen LogP contribution in [0.2, 0.25) is 0 Å². The zero-order chi connectivity index (χ0) is 18.6. The lowest BCUT2D eigenvalue weighted by Gasteiger charge is -2.45. The summed E-state index contributed by atoms with van der Waals surface area (Å²) >= 11 is 0. The molecule has 0 aliphatic heterocycles. The highest BCUT2D eigenvalue weighted by Gasteiger charge is 2.42. The van der Waals surface area contributed by atoms with E-state index < -0.39 is 29.9 Å².